The maximum absolute atomic E-state index is 13.0. The first kappa shape index (κ1) is 25.8. The third-order valence-electron chi connectivity index (χ3n) is 6.05. The number of benzene rings is 3. The van der Waals surface area contributed by atoms with Crippen molar-refractivity contribution in [2.24, 2.45) is 0 Å². The monoisotopic (exact) mass is 532 g/mol. The lowest BCUT2D eigenvalue weighted by molar-refractivity contribution is 0.00334. The van der Waals surface area contributed by atoms with Crippen LogP contribution in [0.3, 0.4) is 0 Å². The van der Waals surface area contributed by atoms with Crippen molar-refractivity contribution < 1.29 is 14.3 Å². The summed E-state index contributed by atoms with van der Waals surface area (Å²) in [4.78, 5) is 17.1. The Morgan fingerprint density at radius 3 is 2.37 bits per heavy atom. The number of piperazine rings is 1. The Morgan fingerprint density at radius 2 is 1.66 bits per heavy atom. The topological polar surface area (TPSA) is 42.0 Å². The first-order chi connectivity index (χ1) is 16.9. The molecule has 0 unspecified atom stereocenters. The molecule has 1 saturated heterocycles. The van der Waals surface area contributed by atoms with Crippen molar-refractivity contribution in [3.05, 3.63) is 98.5 Å². The zero-order chi connectivity index (χ0) is 24.8. The number of hydrogen-bond acceptors (Lipinski definition) is 4. The summed E-state index contributed by atoms with van der Waals surface area (Å²) < 4.78 is 11.8. The number of halogens is 3. The number of hydrogen-bond donors (Lipinski definition) is 0. The molecule has 8 heteroatoms. The van der Waals surface area contributed by atoms with Gasteiger partial charge >= 0.3 is 0 Å². The molecule has 0 radical (unpaired) electrons. The third-order valence-corrected chi connectivity index (χ3v) is 6.83. The van der Waals surface area contributed by atoms with Crippen molar-refractivity contribution in [2.45, 2.75) is 12.7 Å². The van der Waals surface area contributed by atoms with Crippen LogP contribution < -0.4 is 4.74 Å². The zero-order valence-electron chi connectivity index (χ0n) is 19.4. The maximum atomic E-state index is 13.0. The first-order valence-electron chi connectivity index (χ1n) is 11.4. The van der Waals surface area contributed by atoms with Crippen LogP contribution in [0.15, 0.2) is 66.7 Å². The lowest BCUT2D eigenvalue weighted by Gasteiger charge is -2.36. The van der Waals surface area contributed by atoms with Gasteiger partial charge in [0.1, 0.15) is 5.75 Å². The molecule has 1 amide bonds. The average molecular weight is 534 g/mol. The van der Waals surface area contributed by atoms with Crippen molar-refractivity contribution >= 4 is 40.7 Å². The summed E-state index contributed by atoms with van der Waals surface area (Å²) in [5.41, 5.74) is 2.53. The van der Waals surface area contributed by atoms with Crippen LogP contribution in [-0.2, 0) is 11.3 Å². The molecule has 5 nitrogen and oxygen atoms in total. The number of ether oxygens (including phenoxy) is 2. The molecule has 0 aromatic heterocycles. The Balaban J connectivity index is 1.41. The van der Waals surface area contributed by atoms with E-state index in [0.29, 0.717) is 46.9 Å². The van der Waals surface area contributed by atoms with Gasteiger partial charge in [0, 0.05) is 42.8 Å². The van der Waals surface area contributed by atoms with Gasteiger partial charge in [0.15, 0.2) is 0 Å². The number of amides is 1. The van der Waals surface area contributed by atoms with Gasteiger partial charge in [-0.2, -0.15) is 0 Å². The normalized spacial score (nSPS) is 15.1. The fraction of sp³-hybridized carbons (Fsp3) is 0.296. The van der Waals surface area contributed by atoms with E-state index < -0.39 is 0 Å². The zero-order valence-corrected chi connectivity index (χ0v) is 21.7. The minimum absolute atomic E-state index is 0.0760. The molecule has 0 bridgehead atoms. The summed E-state index contributed by atoms with van der Waals surface area (Å²) >= 11 is 18.4. The van der Waals surface area contributed by atoms with Crippen molar-refractivity contribution in [2.75, 3.05) is 39.8 Å². The Labute approximate surface area is 221 Å². The molecule has 35 heavy (non-hydrogen) atoms. The summed E-state index contributed by atoms with van der Waals surface area (Å²) in [6.45, 7) is 3.82. The SMILES string of the molecule is COc1cccc([C@H](CN2CCN(C(=O)c3ccc(Cl)cc3Cl)CC2)OCc2cccc(Cl)c2)c1. The molecule has 3 aromatic carbocycles. The third kappa shape index (κ3) is 6.90. The average Bonchev–Trinajstić information content (AvgIpc) is 2.86. The lowest BCUT2D eigenvalue weighted by Crippen LogP contribution is -2.49. The van der Waals surface area contributed by atoms with E-state index in [4.69, 9.17) is 44.3 Å². The van der Waals surface area contributed by atoms with E-state index in [9.17, 15) is 4.79 Å². The Morgan fingerprint density at radius 1 is 0.914 bits per heavy atom. The van der Waals surface area contributed by atoms with Crippen molar-refractivity contribution in [1.82, 2.24) is 9.80 Å². The summed E-state index contributed by atoms with van der Waals surface area (Å²) in [6, 6.07) is 20.6. The second-order valence-electron chi connectivity index (χ2n) is 8.42. The van der Waals surface area contributed by atoms with Crippen molar-refractivity contribution in [3.8, 4) is 5.75 Å². The summed E-state index contributed by atoms with van der Waals surface area (Å²) in [5.74, 6) is 0.710. The molecule has 1 heterocycles. The fourth-order valence-electron chi connectivity index (χ4n) is 4.12. The molecule has 184 valence electrons. The van der Waals surface area contributed by atoms with Gasteiger partial charge in [-0.1, -0.05) is 59.1 Å². The van der Waals surface area contributed by atoms with Crippen LogP contribution in [0.5, 0.6) is 5.75 Å². The van der Waals surface area contributed by atoms with Crippen molar-refractivity contribution in [3.63, 3.8) is 0 Å². The highest BCUT2D eigenvalue weighted by Crippen LogP contribution is 2.26. The predicted octanol–water partition coefficient (Wildman–Crippen LogP) is 6.37. The van der Waals surface area contributed by atoms with Crippen LogP contribution in [0.25, 0.3) is 0 Å². The van der Waals surface area contributed by atoms with Gasteiger partial charge in [-0.15, -0.1) is 0 Å². The highest BCUT2D eigenvalue weighted by atomic mass is 35.5. The molecule has 1 fully saturated rings. The number of carbonyl (C=O) groups excluding carboxylic acids is 1. The van der Waals surface area contributed by atoms with Gasteiger partial charge in [-0.25, -0.2) is 0 Å². The predicted molar refractivity (Wildman–Crippen MR) is 141 cm³/mol. The lowest BCUT2D eigenvalue weighted by atomic mass is 10.1. The molecule has 0 N–H and O–H groups in total. The summed E-state index contributed by atoms with van der Waals surface area (Å²) in [7, 11) is 1.66. The highest BCUT2D eigenvalue weighted by Gasteiger charge is 2.26. The number of nitrogens with zero attached hydrogens (tertiary/aromatic N) is 2. The molecule has 1 aliphatic rings. The number of methoxy groups -OCH3 is 1. The van der Waals surface area contributed by atoms with Gasteiger partial charge in [-0.3, -0.25) is 9.69 Å². The number of rotatable bonds is 8. The fourth-order valence-corrected chi connectivity index (χ4v) is 4.82. The number of carbonyl (C=O) groups is 1. The van der Waals surface area contributed by atoms with Gasteiger partial charge in [0.2, 0.25) is 0 Å². The second-order valence-corrected chi connectivity index (χ2v) is 9.70. The molecule has 0 spiro atoms. The molecular weight excluding hydrogens is 507 g/mol. The van der Waals surface area contributed by atoms with E-state index in [1.807, 2.05) is 53.4 Å². The quantitative estimate of drug-likeness (QED) is 0.337. The van der Waals surface area contributed by atoms with E-state index in [0.717, 1.165) is 30.0 Å². The van der Waals surface area contributed by atoms with Crippen LogP contribution in [-0.4, -0.2) is 55.5 Å². The molecule has 3 aromatic rings. The second kappa shape index (κ2) is 12.1. The van der Waals surface area contributed by atoms with Crippen LogP contribution in [0.2, 0.25) is 15.1 Å². The van der Waals surface area contributed by atoms with Crippen LogP contribution in [0.4, 0.5) is 0 Å². The summed E-state index contributed by atoms with van der Waals surface area (Å²) in [6.07, 6.45) is -0.169. The van der Waals surface area contributed by atoms with E-state index in [1.54, 1.807) is 25.3 Å². The van der Waals surface area contributed by atoms with Gasteiger partial charge in [-0.05, 0) is 53.6 Å². The smallest absolute Gasteiger partial charge is 0.255 e. The molecule has 1 aliphatic heterocycles. The standard InChI is InChI=1S/C27H27Cl3N2O3/c1-34-23-7-3-5-20(15-23)26(35-18-19-4-2-6-21(28)14-19)17-31-10-12-32(13-11-31)27(33)24-9-8-22(29)16-25(24)30/h2-9,14-16,26H,10-13,17-18H2,1H3/t26-/m0/s1. The van der Waals surface area contributed by atoms with Crippen LogP contribution >= 0.6 is 34.8 Å². The molecule has 0 aliphatic carbocycles. The minimum Gasteiger partial charge on any atom is -0.497 e. The van der Waals surface area contributed by atoms with Crippen molar-refractivity contribution in [1.29, 1.82) is 0 Å². The highest BCUT2D eigenvalue weighted by molar-refractivity contribution is 6.36. The molecule has 4 rings (SSSR count). The van der Waals surface area contributed by atoms with E-state index in [-0.39, 0.29) is 12.0 Å². The van der Waals surface area contributed by atoms with Gasteiger partial charge < -0.3 is 14.4 Å². The van der Waals surface area contributed by atoms with E-state index >= 15 is 0 Å². The molecule has 1 atom stereocenters. The van der Waals surface area contributed by atoms with E-state index in [1.165, 1.54) is 0 Å². The first-order valence-corrected chi connectivity index (χ1v) is 12.5. The van der Waals surface area contributed by atoms with Crippen LogP contribution in [0.1, 0.15) is 27.6 Å². The Kier molecular flexibility index (Phi) is 8.93. The molecular formula is C27H27Cl3N2O3. The summed E-state index contributed by atoms with van der Waals surface area (Å²) in [5, 5.41) is 1.57. The Bertz CT molecular complexity index is 1170. The van der Waals surface area contributed by atoms with Gasteiger partial charge in [0.05, 0.1) is 30.4 Å². The van der Waals surface area contributed by atoms with Crippen LogP contribution in [0, 0.1) is 0 Å². The Hall–Kier alpha value is -2.28. The maximum Gasteiger partial charge on any atom is 0.255 e. The molecule has 0 saturated carbocycles. The largest absolute Gasteiger partial charge is 0.497 e. The van der Waals surface area contributed by atoms with E-state index in [2.05, 4.69) is 4.90 Å². The minimum atomic E-state index is -0.169. The van der Waals surface area contributed by atoms with Gasteiger partial charge in [0.25, 0.3) is 5.91 Å².